The molecule has 0 aliphatic rings. The average Bonchev–Trinajstić information content (AvgIpc) is 2.25. The Balaban J connectivity index is 2.44. The molecule has 0 saturated heterocycles. The van der Waals surface area contributed by atoms with Crippen LogP contribution in [0.2, 0.25) is 0 Å². The predicted octanol–water partition coefficient (Wildman–Crippen LogP) is 3.06. The van der Waals surface area contributed by atoms with Crippen LogP contribution >= 0.6 is 15.9 Å². The van der Waals surface area contributed by atoms with Crippen molar-refractivity contribution >= 4 is 15.9 Å². The molecule has 0 heterocycles. The molecule has 96 valence electrons. The quantitative estimate of drug-likeness (QED) is 0.844. The minimum absolute atomic E-state index is 0.170. The SMILES string of the molecule is CC(C)NCC(C)NCc1c(F)cccc1Br. The Kier molecular flexibility index (Phi) is 6.09. The van der Waals surface area contributed by atoms with E-state index in [2.05, 4.69) is 47.3 Å². The third-order valence-corrected chi connectivity index (χ3v) is 3.26. The monoisotopic (exact) mass is 302 g/mol. The smallest absolute Gasteiger partial charge is 0.128 e. The fourth-order valence-corrected chi connectivity index (χ4v) is 1.94. The van der Waals surface area contributed by atoms with Crippen LogP contribution in [0, 0.1) is 5.82 Å². The van der Waals surface area contributed by atoms with Crippen LogP contribution in [0.15, 0.2) is 22.7 Å². The van der Waals surface area contributed by atoms with Crippen LogP contribution in [0.1, 0.15) is 26.3 Å². The maximum Gasteiger partial charge on any atom is 0.128 e. The Bertz CT molecular complexity index is 335. The summed E-state index contributed by atoms with van der Waals surface area (Å²) >= 11 is 3.36. The maximum atomic E-state index is 13.5. The van der Waals surface area contributed by atoms with Crippen LogP contribution in [0.4, 0.5) is 4.39 Å². The van der Waals surface area contributed by atoms with Crippen LogP contribution in [-0.2, 0) is 6.54 Å². The van der Waals surface area contributed by atoms with Gasteiger partial charge in [-0.15, -0.1) is 0 Å². The summed E-state index contributed by atoms with van der Waals surface area (Å²) in [4.78, 5) is 0. The van der Waals surface area contributed by atoms with E-state index in [0.717, 1.165) is 11.0 Å². The molecule has 0 aliphatic heterocycles. The van der Waals surface area contributed by atoms with E-state index in [4.69, 9.17) is 0 Å². The molecule has 0 aliphatic carbocycles. The summed E-state index contributed by atoms with van der Waals surface area (Å²) in [5.41, 5.74) is 0.684. The van der Waals surface area contributed by atoms with Crippen LogP contribution in [0.3, 0.4) is 0 Å². The predicted molar refractivity (Wildman–Crippen MR) is 73.5 cm³/mol. The first-order valence-electron chi connectivity index (χ1n) is 5.90. The third kappa shape index (κ3) is 5.15. The fourth-order valence-electron chi connectivity index (χ4n) is 1.46. The molecule has 1 aromatic rings. The second-order valence-electron chi connectivity index (χ2n) is 4.55. The second kappa shape index (κ2) is 7.09. The lowest BCUT2D eigenvalue weighted by atomic mass is 10.2. The van der Waals surface area contributed by atoms with Gasteiger partial charge in [0.05, 0.1) is 0 Å². The molecule has 2 N–H and O–H groups in total. The van der Waals surface area contributed by atoms with Gasteiger partial charge < -0.3 is 10.6 Å². The molecule has 1 atom stereocenters. The molecule has 0 fully saturated rings. The molecule has 0 aromatic heterocycles. The van der Waals surface area contributed by atoms with Gasteiger partial charge >= 0.3 is 0 Å². The Morgan fingerprint density at radius 1 is 1.24 bits per heavy atom. The summed E-state index contributed by atoms with van der Waals surface area (Å²) in [6.45, 7) is 7.72. The van der Waals surface area contributed by atoms with Gasteiger partial charge in [0.15, 0.2) is 0 Å². The largest absolute Gasteiger partial charge is 0.313 e. The van der Waals surface area contributed by atoms with E-state index in [1.165, 1.54) is 6.07 Å². The van der Waals surface area contributed by atoms with Gasteiger partial charge in [-0.2, -0.15) is 0 Å². The molecule has 4 heteroatoms. The molecule has 0 amide bonds. The molecular weight excluding hydrogens is 283 g/mol. The summed E-state index contributed by atoms with van der Waals surface area (Å²) in [7, 11) is 0. The number of halogens is 2. The summed E-state index contributed by atoms with van der Waals surface area (Å²) in [6.07, 6.45) is 0. The lowest BCUT2D eigenvalue weighted by Gasteiger charge is -2.17. The van der Waals surface area contributed by atoms with Gasteiger partial charge in [0.2, 0.25) is 0 Å². The molecule has 1 rings (SSSR count). The zero-order valence-electron chi connectivity index (χ0n) is 10.6. The lowest BCUT2D eigenvalue weighted by Crippen LogP contribution is -2.38. The van der Waals surface area contributed by atoms with E-state index in [9.17, 15) is 4.39 Å². The van der Waals surface area contributed by atoms with Crippen molar-refractivity contribution in [1.29, 1.82) is 0 Å². The Morgan fingerprint density at radius 3 is 2.53 bits per heavy atom. The van der Waals surface area contributed by atoms with E-state index < -0.39 is 0 Å². The third-order valence-electron chi connectivity index (χ3n) is 2.52. The van der Waals surface area contributed by atoms with Crippen molar-refractivity contribution in [2.24, 2.45) is 0 Å². The molecular formula is C13H20BrFN2. The van der Waals surface area contributed by atoms with Gasteiger partial charge in [-0.3, -0.25) is 0 Å². The van der Waals surface area contributed by atoms with Crippen LogP contribution in [-0.4, -0.2) is 18.6 Å². The maximum absolute atomic E-state index is 13.5. The van der Waals surface area contributed by atoms with Crippen LogP contribution < -0.4 is 10.6 Å². The molecule has 1 unspecified atom stereocenters. The molecule has 0 radical (unpaired) electrons. The standard InChI is InChI=1S/C13H20BrFN2/c1-9(2)16-7-10(3)17-8-11-12(14)5-4-6-13(11)15/h4-6,9-10,16-17H,7-8H2,1-3H3. The topological polar surface area (TPSA) is 24.1 Å². The summed E-state index contributed by atoms with van der Waals surface area (Å²) in [5.74, 6) is -0.170. The lowest BCUT2D eigenvalue weighted by molar-refractivity contribution is 0.467. The fraction of sp³-hybridized carbons (Fsp3) is 0.538. The van der Waals surface area contributed by atoms with E-state index in [-0.39, 0.29) is 5.82 Å². The highest BCUT2D eigenvalue weighted by atomic mass is 79.9. The zero-order valence-corrected chi connectivity index (χ0v) is 12.1. The first-order valence-corrected chi connectivity index (χ1v) is 6.69. The molecule has 17 heavy (non-hydrogen) atoms. The van der Waals surface area contributed by atoms with E-state index in [1.54, 1.807) is 6.07 Å². The van der Waals surface area contributed by atoms with Gasteiger partial charge in [0.25, 0.3) is 0 Å². The first kappa shape index (κ1) is 14.6. The van der Waals surface area contributed by atoms with E-state index in [1.807, 2.05) is 6.07 Å². The minimum atomic E-state index is -0.170. The molecule has 0 bridgehead atoms. The molecule has 1 aromatic carbocycles. The number of benzene rings is 1. The van der Waals surface area contributed by atoms with Gasteiger partial charge in [0, 0.05) is 35.2 Å². The second-order valence-corrected chi connectivity index (χ2v) is 5.40. The van der Waals surface area contributed by atoms with Crippen molar-refractivity contribution < 1.29 is 4.39 Å². The Morgan fingerprint density at radius 2 is 1.94 bits per heavy atom. The Hall–Kier alpha value is -0.450. The van der Waals surface area contributed by atoms with E-state index >= 15 is 0 Å². The molecule has 2 nitrogen and oxygen atoms in total. The van der Waals surface area contributed by atoms with Crippen molar-refractivity contribution in [3.63, 3.8) is 0 Å². The highest BCUT2D eigenvalue weighted by Gasteiger charge is 2.08. The van der Waals surface area contributed by atoms with Gasteiger partial charge in [-0.25, -0.2) is 4.39 Å². The van der Waals surface area contributed by atoms with Gasteiger partial charge in [-0.05, 0) is 19.1 Å². The van der Waals surface area contributed by atoms with Gasteiger partial charge in [-0.1, -0.05) is 35.8 Å². The highest BCUT2D eigenvalue weighted by Crippen LogP contribution is 2.19. The van der Waals surface area contributed by atoms with Crippen molar-refractivity contribution in [2.75, 3.05) is 6.54 Å². The first-order chi connectivity index (χ1) is 8.00. The van der Waals surface area contributed by atoms with Crippen LogP contribution in [0.25, 0.3) is 0 Å². The van der Waals surface area contributed by atoms with E-state index in [0.29, 0.717) is 24.2 Å². The molecule has 0 spiro atoms. The van der Waals surface area contributed by atoms with Crippen molar-refractivity contribution in [3.8, 4) is 0 Å². The Labute approximate surface area is 111 Å². The van der Waals surface area contributed by atoms with Crippen molar-refractivity contribution in [2.45, 2.75) is 39.4 Å². The minimum Gasteiger partial charge on any atom is -0.313 e. The van der Waals surface area contributed by atoms with Crippen molar-refractivity contribution in [1.82, 2.24) is 10.6 Å². The normalized spacial score (nSPS) is 13.1. The number of hydrogen-bond acceptors (Lipinski definition) is 2. The number of hydrogen-bond donors (Lipinski definition) is 2. The summed E-state index contributed by atoms with van der Waals surface area (Å²) < 4.78 is 14.3. The van der Waals surface area contributed by atoms with Crippen LogP contribution in [0.5, 0.6) is 0 Å². The molecule has 0 saturated carbocycles. The zero-order chi connectivity index (χ0) is 12.8. The summed E-state index contributed by atoms with van der Waals surface area (Å²) in [5, 5.41) is 6.65. The number of nitrogens with one attached hydrogen (secondary N) is 2. The average molecular weight is 303 g/mol. The van der Waals surface area contributed by atoms with Crippen molar-refractivity contribution in [3.05, 3.63) is 34.1 Å². The van der Waals surface area contributed by atoms with Gasteiger partial charge in [0.1, 0.15) is 5.82 Å². The summed E-state index contributed by atoms with van der Waals surface area (Å²) in [6, 6.07) is 5.83. The highest BCUT2D eigenvalue weighted by molar-refractivity contribution is 9.10. The number of rotatable bonds is 6.